The maximum atomic E-state index is 15.0. The monoisotopic (exact) mass is 778 g/mol. The number of hydrogen-bond donors (Lipinski definition) is 2. The number of amides is 2. The van der Waals surface area contributed by atoms with Crippen molar-refractivity contribution < 1.29 is 32.6 Å². The van der Waals surface area contributed by atoms with Gasteiger partial charge in [-0.3, -0.25) is 4.79 Å². The molecule has 4 aromatic rings. The Labute approximate surface area is 308 Å². The first-order chi connectivity index (χ1) is 24.1. The second kappa shape index (κ2) is 16.1. The predicted molar refractivity (Wildman–Crippen MR) is 201 cm³/mol. The maximum Gasteiger partial charge on any atom is 0.416 e. The van der Waals surface area contributed by atoms with Gasteiger partial charge in [-0.2, -0.15) is 0 Å². The van der Waals surface area contributed by atoms with Gasteiger partial charge < -0.3 is 19.6 Å². The lowest BCUT2D eigenvalue weighted by molar-refractivity contribution is -0.134. The number of carbonyl (C=O) groups excluding carboxylic acids is 2. The van der Waals surface area contributed by atoms with Crippen molar-refractivity contribution in [1.82, 2.24) is 4.90 Å². The van der Waals surface area contributed by atoms with Crippen LogP contribution in [-0.2, 0) is 16.0 Å². The summed E-state index contributed by atoms with van der Waals surface area (Å²) < 4.78 is 41.0. The third kappa shape index (κ3) is 9.44. The van der Waals surface area contributed by atoms with Gasteiger partial charge in [0.2, 0.25) is 14.2 Å². The van der Waals surface area contributed by atoms with Gasteiger partial charge in [0, 0.05) is 15.7 Å². The van der Waals surface area contributed by atoms with Crippen molar-refractivity contribution in [3.05, 3.63) is 130 Å². The summed E-state index contributed by atoms with van der Waals surface area (Å²) in [7, 11) is -2.42. The molecule has 11 heteroatoms. The van der Waals surface area contributed by atoms with Crippen molar-refractivity contribution in [1.29, 1.82) is 0 Å². The highest BCUT2D eigenvalue weighted by atomic mass is 79.9. The molecule has 1 aliphatic heterocycles. The van der Waals surface area contributed by atoms with Crippen LogP contribution in [-0.4, -0.2) is 43.0 Å². The van der Waals surface area contributed by atoms with Crippen LogP contribution in [0, 0.1) is 17.6 Å². The highest BCUT2D eigenvalue weighted by Gasteiger charge is 2.45. The molecule has 0 aliphatic carbocycles. The molecule has 1 saturated heterocycles. The molecule has 4 aromatic carbocycles. The Morgan fingerprint density at radius 2 is 1.61 bits per heavy atom. The van der Waals surface area contributed by atoms with E-state index in [4.69, 9.17) is 9.16 Å². The van der Waals surface area contributed by atoms with Crippen LogP contribution in [0.5, 0.6) is 5.75 Å². The van der Waals surface area contributed by atoms with Crippen LogP contribution in [0.25, 0.3) is 0 Å². The van der Waals surface area contributed by atoms with E-state index in [1.807, 2.05) is 48.5 Å². The van der Waals surface area contributed by atoms with E-state index in [1.54, 1.807) is 12.1 Å². The summed E-state index contributed by atoms with van der Waals surface area (Å²) in [4.78, 5) is 29.6. The number of nitrogens with zero attached hydrogens (tertiary/aromatic N) is 1. The van der Waals surface area contributed by atoms with E-state index in [9.17, 15) is 23.5 Å². The fraction of sp³-hybridized carbons (Fsp3) is 0.350. The Bertz CT molecular complexity index is 1800. The molecule has 7 nitrogen and oxygen atoms in total. The zero-order chi connectivity index (χ0) is 36.9. The zero-order valence-corrected chi connectivity index (χ0v) is 32.1. The Morgan fingerprint density at radius 3 is 2.24 bits per heavy atom. The molecule has 0 unspecified atom stereocenters. The van der Waals surface area contributed by atoms with E-state index >= 15 is 0 Å². The van der Waals surface area contributed by atoms with Crippen molar-refractivity contribution in [2.75, 3.05) is 11.9 Å². The fourth-order valence-electron chi connectivity index (χ4n) is 5.97. The van der Waals surface area contributed by atoms with Crippen molar-refractivity contribution in [3.63, 3.8) is 0 Å². The number of benzene rings is 4. The number of halogens is 3. The second-order valence-electron chi connectivity index (χ2n) is 14.6. The number of carbonyl (C=O) groups is 2. The predicted octanol–water partition coefficient (Wildman–Crippen LogP) is 9.98. The van der Waals surface area contributed by atoms with Gasteiger partial charge in [0.15, 0.2) is 0 Å². The van der Waals surface area contributed by atoms with Gasteiger partial charge in [0.05, 0.1) is 24.1 Å². The first kappa shape index (κ1) is 38.2. The molecule has 0 spiro atoms. The smallest absolute Gasteiger partial charge is 0.416 e. The van der Waals surface area contributed by atoms with Crippen molar-refractivity contribution in [2.45, 2.75) is 76.4 Å². The molecule has 51 heavy (non-hydrogen) atoms. The van der Waals surface area contributed by atoms with E-state index in [-0.39, 0.29) is 24.5 Å². The van der Waals surface area contributed by atoms with E-state index in [0.717, 1.165) is 10.0 Å². The van der Waals surface area contributed by atoms with Crippen molar-refractivity contribution in [3.8, 4) is 5.75 Å². The number of ether oxygens (including phenoxy) is 1. The number of hydrogen-bond acceptors (Lipinski definition) is 6. The largest absolute Gasteiger partial charge is 0.543 e. The average Bonchev–Trinajstić information content (AvgIpc) is 3.44. The molecule has 2 N–H and O–H groups in total. The summed E-state index contributed by atoms with van der Waals surface area (Å²) in [5, 5.41) is 14.6. The lowest BCUT2D eigenvalue weighted by Gasteiger charge is -2.39. The molecule has 1 heterocycles. The minimum absolute atomic E-state index is 0.0401. The van der Waals surface area contributed by atoms with Crippen LogP contribution in [0.4, 0.5) is 19.3 Å². The minimum atomic E-state index is -2.42. The van der Waals surface area contributed by atoms with E-state index in [0.29, 0.717) is 29.0 Å². The van der Waals surface area contributed by atoms with Crippen LogP contribution in [0.2, 0.25) is 18.1 Å². The van der Waals surface area contributed by atoms with Gasteiger partial charge in [-0.05, 0) is 97.1 Å². The highest BCUT2D eigenvalue weighted by molar-refractivity contribution is 9.10. The van der Waals surface area contributed by atoms with Crippen LogP contribution in [0.1, 0.15) is 62.4 Å². The highest BCUT2D eigenvalue weighted by Crippen LogP contribution is 2.44. The Hall–Kier alpha value is -4.06. The number of cyclic esters (lactones) is 1. The minimum Gasteiger partial charge on any atom is -0.543 e. The molecule has 1 aliphatic rings. The quantitative estimate of drug-likeness (QED) is 0.132. The number of nitrogens with one attached hydrogen (secondary N) is 1. The van der Waals surface area contributed by atoms with Crippen molar-refractivity contribution >= 4 is 41.9 Å². The van der Waals surface area contributed by atoms with Gasteiger partial charge >= 0.3 is 6.09 Å². The summed E-state index contributed by atoms with van der Waals surface area (Å²) in [6.07, 6.45) is -1.12. The molecule has 5 rings (SSSR count). The second-order valence-corrected chi connectivity index (χ2v) is 20.2. The molecule has 2 amide bonds. The van der Waals surface area contributed by atoms with E-state index in [2.05, 4.69) is 55.1 Å². The molecule has 4 atom stereocenters. The average molecular weight is 780 g/mol. The van der Waals surface area contributed by atoms with E-state index < -0.39 is 56.1 Å². The topological polar surface area (TPSA) is 88.1 Å². The summed E-state index contributed by atoms with van der Waals surface area (Å²) in [6.45, 7) is 10.7. The number of aliphatic hydroxyl groups excluding tert-OH is 1. The third-order valence-corrected chi connectivity index (χ3v) is 14.7. The van der Waals surface area contributed by atoms with Gasteiger partial charge in [0.25, 0.3) is 0 Å². The molecule has 1 fully saturated rings. The summed E-state index contributed by atoms with van der Waals surface area (Å²) >= 11 is 3.60. The molecule has 0 radical (unpaired) electrons. The molecular formula is C40H45BrF2N2O5Si. The molecular weight excluding hydrogens is 734 g/mol. The normalized spacial score (nSPS) is 16.7. The number of aliphatic hydroxyl groups is 1. The Balaban J connectivity index is 1.62. The summed E-state index contributed by atoms with van der Waals surface area (Å²) in [5.74, 6) is -1.70. The standard InChI is InChI=1S/C40H45BrF2N2O5Si/c1-40(2,3)51(4,5)50-36-24-28(41)13-20-33(36)37(44-31-18-16-30(43)17-19-31)34(21-22-35(46)27-11-14-29(42)15-12-27)38(47)45-32(25-49-39(45)48)23-26-9-7-6-8-10-26/h6-20,24,32,34-35,37,44,46H,21-23,25H2,1-5H3/t32-,34+,35-,37+/m0/s1. The first-order valence-corrected chi connectivity index (χ1v) is 20.8. The van der Waals surface area contributed by atoms with Crippen molar-refractivity contribution in [2.24, 2.45) is 5.92 Å². The van der Waals surface area contributed by atoms with Gasteiger partial charge in [0.1, 0.15) is 24.0 Å². The number of anilines is 1. The van der Waals surface area contributed by atoms with Gasteiger partial charge in [-0.1, -0.05) is 85.2 Å². The number of rotatable bonds is 13. The lowest BCUT2D eigenvalue weighted by Crippen LogP contribution is -2.46. The van der Waals surface area contributed by atoms with E-state index in [1.165, 1.54) is 41.3 Å². The van der Waals surface area contributed by atoms with Gasteiger partial charge in [-0.25, -0.2) is 18.5 Å². The number of imide groups is 1. The SMILES string of the molecule is CC(C)(C)[Si](C)(C)Oc1cc(Br)ccc1[C@@H](Nc1ccc(F)cc1)[C@@H](CC[C@H](O)c1ccc(F)cc1)C(=O)N1C(=O)OC[C@@H]1Cc1ccccc1. The van der Waals surface area contributed by atoms with Crippen LogP contribution < -0.4 is 9.74 Å². The molecule has 270 valence electrons. The van der Waals surface area contributed by atoms with Gasteiger partial charge in [-0.15, -0.1) is 0 Å². The first-order valence-electron chi connectivity index (χ1n) is 17.1. The van der Waals surface area contributed by atoms with Crippen LogP contribution in [0.15, 0.2) is 102 Å². The van der Waals surface area contributed by atoms with Crippen LogP contribution in [0.3, 0.4) is 0 Å². The fourth-order valence-corrected chi connectivity index (χ4v) is 7.34. The summed E-state index contributed by atoms with van der Waals surface area (Å²) in [5.41, 5.74) is 2.65. The third-order valence-electron chi connectivity index (χ3n) is 9.89. The Kier molecular flexibility index (Phi) is 12.0. The van der Waals surface area contributed by atoms with Crippen LogP contribution >= 0.6 is 15.9 Å². The zero-order valence-electron chi connectivity index (χ0n) is 29.5. The lowest BCUT2D eigenvalue weighted by atomic mass is 9.85. The summed E-state index contributed by atoms with van der Waals surface area (Å²) in [6, 6.07) is 25.3. The molecule has 0 bridgehead atoms. The molecule has 0 saturated carbocycles. The maximum absolute atomic E-state index is 15.0. The molecule has 0 aromatic heterocycles. The Morgan fingerprint density at radius 1 is 0.980 bits per heavy atom.